The Morgan fingerprint density at radius 3 is 2.35 bits per heavy atom. The molecule has 0 aliphatic rings. The summed E-state index contributed by atoms with van der Waals surface area (Å²) in [4.78, 5) is 16.0. The van der Waals surface area contributed by atoms with Crippen molar-refractivity contribution in [3.05, 3.63) is 80.8 Å². The zero-order valence-corrected chi connectivity index (χ0v) is 19.6. The van der Waals surface area contributed by atoms with E-state index in [1.807, 2.05) is 37.3 Å². The molecule has 0 aliphatic carbocycles. The second-order valence-corrected chi connectivity index (χ2v) is 9.75. The Morgan fingerprint density at radius 2 is 1.77 bits per heavy atom. The van der Waals surface area contributed by atoms with E-state index in [0.717, 1.165) is 5.56 Å². The first kappa shape index (κ1) is 23.2. The molecule has 1 unspecified atom stereocenters. The highest BCUT2D eigenvalue weighted by atomic mass is 79.9. The van der Waals surface area contributed by atoms with Crippen LogP contribution in [0.2, 0.25) is 0 Å². The van der Waals surface area contributed by atoms with Gasteiger partial charge in [-0.2, -0.15) is 4.98 Å². The third-order valence-corrected chi connectivity index (χ3v) is 7.14. The van der Waals surface area contributed by atoms with E-state index in [-0.39, 0.29) is 11.5 Å². The van der Waals surface area contributed by atoms with Crippen LogP contribution in [0.4, 0.5) is 0 Å². The summed E-state index contributed by atoms with van der Waals surface area (Å²) in [6, 6.07) is 14.5. The Morgan fingerprint density at radius 1 is 1.13 bits per heavy atom. The van der Waals surface area contributed by atoms with Crippen LogP contribution in [-0.4, -0.2) is 36.8 Å². The third-order valence-electron chi connectivity index (χ3n) is 4.82. The summed E-state index contributed by atoms with van der Waals surface area (Å²) in [7, 11) is -2.79. The molecule has 1 atom stereocenters. The van der Waals surface area contributed by atoms with Crippen molar-refractivity contribution in [2.75, 3.05) is 13.7 Å². The molecule has 7 nitrogen and oxygen atoms in total. The van der Waals surface area contributed by atoms with Gasteiger partial charge in [0, 0.05) is 18.0 Å². The minimum absolute atomic E-state index is 0.109. The van der Waals surface area contributed by atoms with E-state index in [1.165, 1.54) is 23.8 Å². The van der Waals surface area contributed by atoms with E-state index < -0.39 is 32.2 Å². The summed E-state index contributed by atoms with van der Waals surface area (Å²) in [6.07, 6.45) is 1.04. The Labute approximate surface area is 189 Å². The molecule has 164 valence electrons. The number of sulfone groups is 1. The lowest BCUT2D eigenvalue weighted by Gasteiger charge is -2.25. The molecule has 2 aromatic carbocycles. The van der Waals surface area contributed by atoms with Crippen LogP contribution in [0.3, 0.4) is 0 Å². The van der Waals surface area contributed by atoms with Crippen molar-refractivity contribution in [1.82, 2.24) is 9.55 Å². The van der Waals surface area contributed by atoms with Crippen LogP contribution < -0.4 is 5.56 Å². The number of aromatic nitrogens is 2. The summed E-state index contributed by atoms with van der Waals surface area (Å²) in [5, 5.41) is 11.2. The van der Waals surface area contributed by atoms with Crippen LogP contribution in [-0.2, 0) is 21.0 Å². The van der Waals surface area contributed by atoms with Gasteiger partial charge in [0.1, 0.15) is 5.82 Å². The summed E-state index contributed by atoms with van der Waals surface area (Å²) in [6.45, 7) is 2.06. The maximum absolute atomic E-state index is 13.3. The first-order valence-corrected chi connectivity index (χ1v) is 12.0. The van der Waals surface area contributed by atoms with E-state index in [4.69, 9.17) is 4.74 Å². The zero-order valence-electron chi connectivity index (χ0n) is 17.2. The van der Waals surface area contributed by atoms with Crippen LogP contribution >= 0.6 is 15.9 Å². The molecular formula is C22H23BrN2O5S. The number of hydrogen-bond acceptors (Lipinski definition) is 6. The fourth-order valence-corrected chi connectivity index (χ4v) is 5.00. The van der Waals surface area contributed by atoms with Crippen LogP contribution in [0.25, 0.3) is 0 Å². The molecule has 3 aromatic rings. The number of halogens is 1. The second kappa shape index (κ2) is 9.76. The Hall–Kier alpha value is -2.49. The van der Waals surface area contributed by atoms with Gasteiger partial charge in [-0.05, 0) is 36.2 Å². The summed E-state index contributed by atoms with van der Waals surface area (Å²) < 4.78 is 34.0. The highest BCUT2D eigenvalue weighted by Gasteiger charge is 2.32. The minimum atomic E-state index is -4.31. The molecule has 9 heteroatoms. The Balaban J connectivity index is 2.30. The molecule has 3 rings (SSSR count). The molecule has 0 radical (unpaired) electrons. The van der Waals surface area contributed by atoms with Crippen molar-refractivity contribution in [1.29, 1.82) is 0 Å². The molecule has 0 aliphatic heterocycles. The number of benzene rings is 2. The van der Waals surface area contributed by atoms with E-state index in [1.54, 1.807) is 12.1 Å². The predicted molar refractivity (Wildman–Crippen MR) is 120 cm³/mol. The molecule has 0 fully saturated rings. The molecule has 0 saturated heterocycles. The topological polar surface area (TPSA) is 98.5 Å². The fourth-order valence-electron chi connectivity index (χ4n) is 3.40. The van der Waals surface area contributed by atoms with Gasteiger partial charge in [0.2, 0.25) is 15.7 Å². The van der Waals surface area contributed by atoms with Gasteiger partial charge in [-0.25, -0.2) is 8.42 Å². The summed E-state index contributed by atoms with van der Waals surface area (Å²) >= 11 is 3.26. The van der Waals surface area contributed by atoms with Crippen molar-refractivity contribution < 1.29 is 18.3 Å². The monoisotopic (exact) mass is 506 g/mol. The van der Waals surface area contributed by atoms with E-state index >= 15 is 0 Å². The second-order valence-electron chi connectivity index (χ2n) is 6.95. The number of rotatable bonds is 8. The molecule has 0 amide bonds. The third kappa shape index (κ3) is 4.73. The van der Waals surface area contributed by atoms with Crippen molar-refractivity contribution in [2.45, 2.75) is 35.6 Å². The Bertz CT molecular complexity index is 1210. The first-order chi connectivity index (χ1) is 14.8. The highest BCUT2D eigenvalue weighted by Crippen LogP contribution is 2.32. The van der Waals surface area contributed by atoms with Gasteiger partial charge in [-0.15, -0.1) is 0 Å². The normalized spacial score (nSPS) is 12.6. The molecule has 31 heavy (non-hydrogen) atoms. The molecule has 1 heterocycles. The van der Waals surface area contributed by atoms with Crippen LogP contribution in [0, 0.1) is 0 Å². The van der Waals surface area contributed by atoms with Gasteiger partial charge in [-0.3, -0.25) is 9.36 Å². The molecule has 1 N–H and O–H groups in total. The summed E-state index contributed by atoms with van der Waals surface area (Å²) in [5.74, 6) is -0.345. The Kier molecular flexibility index (Phi) is 7.30. The quantitative estimate of drug-likeness (QED) is 0.499. The van der Waals surface area contributed by atoms with Crippen molar-refractivity contribution in [2.24, 2.45) is 0 Å². The van der Waals surface area contributed by atoms with Gasteiger partial charge in [-0.1, -0.05) is 53.2 Å². The van der Waals surface area contributed by atoms with Gasteiger partial charge in [0.25, 0.3) is 5.56 Å². The zero-order chi connectivity index (χ0) is 22.6. The predicted octanol–water partition coefficient (Wildman–Crippen LogP) is 3.73. The lowest BCUT2D eigenvalue weighted by atomic mass is 10.1. The van der Waals surface area contributed by atoms with Crippen LogP contribution in [0.5, 0.6) is 5.88 Å². The van der Waals surface area contributed by atoms with Crippen molar-refractivity contribution >= 4 is 25.8 Å². The number of methoxy groups -OCH3 is 1. The SMILES string of the molecule is CCCc1nc(=O)c(S(=O)(=O)c2ccc(Br)cc2)c(O)n1C(COC)c1ccccc1. The molecule has 0 saturated carbocycles. The number of hydrogen-bond donors (Lipinski definition) is 1. The van der Waals surface area contributed by atoms with E-state index in [9.17, 15) is 18.3 Å². The lowest BCUT2D eigenvalue weighted by Crippen LogP contribution is -2.29. The molecular weight excluding hydrogens is 484 g/mol. The lowest BCUT2D eigenvalue weighted by molar-refractivity contribution is 0.161. The molecule has 1 aromatic heterocycles. The van der Waals surface area contributed by atoms with Gasteiger partial charge >= 0.3 is 0 Å². The van der Waals surface area contributed by atoms with Crippen LogP contribution in [0.15, 0.2) is 73.7 Å². The van der Waals surface area contributed by atoms with Gasteiger partial charge in [0.05, 0.1) is 17.5 Å². The average molecular weight is 507 g/mol. The molecule has 0 spiro atoms. The number of nitrogens with zero attached hydrogens (tertiary/aromatic N) is 2. The number of aromatic hydroxyl groups is 1. The summed E-state index contributed by atoms with van der Waals surface area (Å²) in [5.41, 5.74) is -0.196. The number of aryl methyl sites for hydroxylation is 1. The average Bonchev–Trinajstić information content (AvgIpc) is 2.74. The van der Waals surface area contributed by atoms with Crippen molar-refractivity contribution in [3.63, 3.8) is 0 Å². The fraction of sp³-hybridized carbons (Fsp3) is 0.273. The maximum Gasteiger partial charge on any atom is 0.296 e. The smallest absolute Gasteiger partial charge is 0.296 e. The van der Waals surface area contributed by atoms with Crippen LogP contribution in [0.1, 0.15) is 30.8 Å². The van der Waals surface area contributed by atoms with E-state index in [2.05, 4.69) is 20.9 Å². The maximum atomic E-state index is 13.3. The van der Waals surface area contributed by atoms with Gasteiger partial charge < -0.3 is 9.84 Å². The van der Waals surface area contributed by atoms with E-state index in [0.29, 0.717) is 23.1 Å². The standard InChI is InChI=1S/C22H23BrN2O5S/c1-3-7-19-24-21(26)20(31(28,29)17-12-10-16(23)11-13-17)22(27)25(19)18(14-30-2)15-8-5-4-6-9-15/h4-6,8-13,18,27H,3,7,14H2,1-2H3. The largest absolute Gasteiger partial charge is 0.493 e. The molecule has 0 bridgehead atoms. The van der Waals surface area contributed by atoms with Crippen molar-refractivity contribution in [3.8, 4) is 5.88 Å². The van der Waals surface area contributed by atoms with Gasteiger partial charge in [0.15, 0.2) is 4.90 Å². The first-order valence-electron chi connectivity index (χ1n) is 9.70. The highest BCUT2D eigenvalue weighted by molar-refractivity contribution is 9.10. The minimum Gasteiger partial charge on any atom is -0.493 e. The number of ether oxygens (including phenoxy) is 1.